The number of carbonyl (C=O) groups excluding carboxylic acids is 1. The first kappa shape index (κ1) is 16.3. The Labute approximate surface area is 118 Å². The van der Waals surface area contributed by atoms with Gasteiger partial charge in [0.05, 0.1) is 12.4 Å². The minimum atomic E-state index is -3.11. The molecule has 0 unspecified atom stereocenters. The zero-order valence-corrected chi connectivity index (χ0v) is 12.4. The summed E-state index contributed by atoms with van der Waals surface area (Å²) in [5.41, 5.74) is 6.22. The van der Waals surface area contributed by atoms with Crippen molar-refractivity contribution in [2.75, 3.05) is 30.5 Å². The van der Waals surface area contributed by atoms with Crippen molar-refractivity contribution in [1.82, 2.24) is 0 Å². The van der Waals surface area contributed by atoms with E-state index in [0.29, 0.717) is 5.69 Å². The van der Waals surface area contributed by atoms with Crippen LogP contribution in [0.1, 0.15) is 24.2 Å². The molecule has 0 amide bonds. The summed E-state index contributed by atoms with van der Waals surface area (Å²) in [6.45, 7) is 3.48. The number of carbonyl (C=O) groups is 1. The van der Waals surface area contributed by atoms with Crippen LogP contribution in [-0.4, -0.2) is 39.1 Å². The van der Waals surface area contributed by atoms with Gasteiger partial charge in [0.15, 0.2) is 9.84 Å². The van der Waals surface area contributed by atoms with Crippen LogP contribution in [0.5, 0.6) is 5.75 Å². The number of nitrogen functional groups attached to an aromatic ring is 1. The number of rotatable bonds is 7. The van der Waals surface area contributed by atoms with Gasteiger partial charge in [0.2, 0.25) is 0 Å². The van der Waals surface area contributed by atoms with Gasteiger partial charge in [-0.05, 0) is 25.1 Å². The highest BCUT2D eigenvalue weighted by atomic mass is 32.2. The molecule has 1 rings (SSSR count). The molecule has 0 bridgehead atoms. The minimum absolute atomic E-state index is 0.0213. The van der Waals surface area contributed by atoms with E-state index >= 15 is 0 Å². The fourth-order valence-electron chi connectivity index (χ4n) is 1.46. The van der Waals surface area contributed by atoms with Crippen LogP contribution in [0.15, 0.2) is 18.2 Å². The smallest absolute Gasteiger partial charge is 0.341 e. The predicted molar refractivity (Wildman–Crippen MR) is 76.6 cm³/mol. The van der Waals surface area contributed by atoms with E-state index in [1.54, 1.807) is 19.9 Å². The molecule has 0 atom stereocenters. The molecule has 0 radical (unpaired) electrons. The Kier molecular flexibility index (Phi) is 5.82. The normalized spacial score (nSPS) is 11.1. The highest BCUT2D eigenvalue weighted by molar-refractivity contribution is 7.91. The van der Waals surface area contributed by atoms with Crippen molar-refractivity contribution in [1.29, 1.82) is 0 Å². The number of hydrogen-bond acceptors (Lipinski definition) is 6. The molecular formula is C13H19NO5S. The third-order valence-electron chi connectivity index (χ3n) is 2.59. The van der Waals surface area contributed by atoms with Gasteiger partial charge >= 0.3 is 5.97 Å². The zero-order valence-electron chi connectivity index (χ0n) is 11.6. The van der Waals surface area contributed by atoms with Crippen molar-refractivity contribution in [3.05, 3.63) is 23.8 Å². The van der Waals surface area contributed by atoms with Crippen molar-refractivity contribution in [3.63, 3.8) is 0 Å². The Hall–Kier alpha value is -1.76. The monoisotopic (exact) mass is 301 g/mol. The molecule has 6 nitrogen and oxygen atoms in total. The van der Waals surface area contributed by atoms with Gasteiger partial charge in [-0.25, -0.2) is 13.2 Å². The van der Waals surface area contributed by atoms with E-state index < -0.39 is 15.8 Å². The molecule has 0 saturated carbocycles. The number of ether oxygens (including phenoxy) is 2. The molecular weight excluding hydrogens is 282 g/mol. The zero-order chi connectivity index (χ0) is 15.2. The van der Waals surface area contributed by atoms with Crippen molar-refractivity contribution >= 4 is 21.5 Å². The SMILES string of the molecule is CCOC(=O)c1cc(N)ccc1OCCS(=O)(=O)CC. The molecule has 2 N–H and O–H groups in total. The second-order valence-electron chi connectivity index (χ2n) is 4.06. The molecule has 20 heavy (non-hydrogen) atoms. The Morgan fingerprint density at radius 3 is 2.60 bits per heavy atom. The summed E-state index contributed by atoms with van der Waals surface area (Å²) < 4.78 is 33.0. The van der Waals surface area contributed by atoms with Crippen molar-refractivity contribution in [2.45, 2.75) is 13.8 Å². The van der Waals surface area contributed by atoms with E-state index in [1.807, 2.05) is 0 Å². The molecule has 0 aromatic heterocycles. The van der Waals surface area contributed by atoms with E-state index in [0.717, 1.165) is 0 Å². The second-order valence-corrected chi connectivity index (χ2v) is 6.53. The van der Waals surface area contributed by atoms with Crippen molar-refractivity contribution in [3.8, 4) is 5.75 Å². The highest BCUT2D eigenvalue weighted by Gasteiger charge is 2.15. The first-order chi connectivity index (χ1) is 9.39. The Bertz CT molecular complexity index is 568. The first-order valence-electron chi connectivity index (χ1n) is 6.29. The summed E-state index contributed by atoms with van der Waals surface area (Å²) in [4.78, 5) is 11.8. The molecule has 0 aliphatic rings. The van der Waals surface area contributed by atoms with Crippen LogP contribution in [0.2, 0.25) is 0 Å². The Morgan fingerprint density at radius 2 is 2.00 bits per heavy atom. The average molecular weight is 301 g/mol. The Balaban J connectivity index is 2.82. The molecule has 0 fully saturated rings. The average Bonchev–Trinajstić information content (AvgIpc) is 2.40. The third kappa shape index (κ3) is 4.73. The summed E-state index contributed by atoms with van der Waals surface area (Å²) in [5, 5.41) is 0. The number of anilines is 1. The summed E-state index contributed by atoms with van der Waals surface area (Å²) in [5.74, 6) is -0.323. The van der Waals surface area contributed by atoms with Crippen LogP contribution in [0.4, 0.5) is 5.69 Å². The molecule has 112 valence electrons. The number of hydrogen-bond donors (Lipinski definition) is 1. The molecule has 1 aromatic rings. The maximum atomic E-state index is 11.8. The maximum absolute atomic E-state index is 11.8. The number of esters is 1. The fourth-order valence-corrected chi connectivity index (χ4v) is 2.09. The summed E-state index contributed by atoms with van der Waals surface area (Å²) >= 11 is 0. The van der Waals surface area contributed by atoms with Gasteiger partial charge in [-0.15, -0.1) is 0 Å². The van der Waals surface area contributed by atoms with E-state index in [2.05, 4.69) is 0 Å². The summed E-state index contributed by atoms with van der Waals surface area (Å²) in [6, 6.07) is 4.55. The summed E-state index contributed by atoms with van der Waals surface area (Å²) in [7, 11) is -3.11. The molecule has 7 heteroatoms. The Morgan fingerprint density at radius 1 is 1.30 bits per heavy atom. The van der Waals surface area contributed by atoms with Crippen LogP contribution in [0, 0.1) is 0 Å². The van der Waals surface area contributed by atoms with Gasteiger partial charge in [0.25, 0.3) is 0 Å². The van der Waals surface area contributed by atoms with Gasteiger partial charge < -0.3 is 15.2 Å². The van der Waals surface area contributed by atoms with E-state index in [9.17, 15) is 13.2 Å². The topological polar surface area (TPSA) is 95.7 Å². The van der Waals surface area contributed by atoms with Crippen LogP contribution >= 0.6 is 0 Å². The van der Waals surface area contributed by atoms with Gasteiger partial charge in [-0.1, -0.05) is 6.92 Å². The lowest BCUT2D eigenvalue weighted by atomic mass is 10.2. The lowest BCUT2D eigenvalue weighted by Gasteiger charge is -2.11. The highest BCUT2D eigenvalue weighted by Crippen LogP contribution is 2.22. The lowest BCUT2D eigenvalue weighted by molar-refractivity contribution is 0.0522. The molecule has 0 saturated heterocycles. The van der Waals surface area contributed by atoms with Gasteiger partial charge in [0, 0.05) is 11.4 Å². The predicted octanol–water partition coefficient (Wildman–Crippen LogP) is 1.26. The van der Waals surface area contributed by atoms with Crippen LogP contribution < -0.4 is 10.5 Å². The maximum Gasteiger partial charge on any atom is 0.341 e. The van der Waals surface area contributed by atoms with Gasteiger partial charge in [0.1, 0.15) is 17.9 Å². The lowest BCUT2D eigenvalue weighted by Crippen LogP contribution is -2.17. The van der Waals surface area contributed by atoms with Gasteiger partial charge in [-0.3, -0.25) is 0 Å². The molecule has 0 heterocycles. The summed E-state index contributed by atoms with van der Waals surface area (Å²) in [6.07, 6.45) is 0. The molecule has 0 aliphatic heterocycles. The van der Waals surface area contributed by atoms with Gasteiger partial charge in [-0.2, -0.15) is 0 Å². The van der Waals surface area contributed by atoms with E-state index in [1.165, 1.54) is 12.1 Å². The van der Waals surface area contributed by atoms with Crippen LogP contribution in [0.25, 0.3) is 0 Å². The van der Waals surface area contributed by atoms with E-state index in [-0.39, 0.29) is 36.0 Å². The second kappa shape index (κ2) is 7.14. The van der Waals surface area contributed by atoms with Crippen LogP contribution in [0.3, 0.4) is 0 Å². The number of sulfone groups is 1. The third-order valence-corrected chi connectivity index (χ3v) is 4.26. The standard InChI is InChI=1S/C13H19NO5S/c1-3-18-13(15)11-9-10(14)5-6-12(11)19-7-8-20(16,17)4-2/h5-6,9H,3-4,7-8,14H2,1-2H3. The fraction of sp³-hybridized carbons (Fsp3) is 0.462. The van der Waals surface area contributed by atoms with Crippen molar-refractivity contribution < 1.29 is 22.7 Å². The van der Waals surface area contributed by atoms with Crippen LogP contribution in [-0.2, 0) is 14.6 Å². The molecule has 0 spiro atoms. The molecule has 0 aliphatic carbocycles. The largest absolute Gasteiger partial charge is 0.492 e. The number of benzene rings is 1. The van der Waals surface area contributed by atoms with E-state index in [4.69, 9.17) is 15.2 Å². The quantitative estimate of drug-likeness (QED) is 0.601. The molecule has 1 aromatic carbocycles. The van der Waals surface area contributed by atoms with Crippen molar-refractivity contribution in [2.24, 2.45) is 0 Å². The number of nitrogens with two attached hydrogens (primary N) is 1. The minimum Gasteiger partial charge on any atom is -0.492 e. The first-order valence-corrected chi connectivity index (χ1v) is 8.11.